The molecule has 0 bridgehead atoms. The molecule has 0 saturated heterocycles. The molecule has 17 heavy (non-hydrogen) atoms. The minimum absolute atomic E-state index is 0.137. The predicted octanol–water partition coefficient (Wildman–Crippen LogP) is 2.82. The maximum absolute atomic E-state index is 11.4. The van der Waals surface area contributed by atoms with Crippen LogP contribution in [0.5, 0.6) is 0 Å². The van der Waals surface area contributed by atoms with Gasteiger partial charge in [0.05, 0.1) is 5.92 Å². The van der Waals surface area contributed by atoms with Crippen molar-refractivity contribution in [3.05, 3.63) is 12.2 Å². The number of hydrogen-bond acceptors (Lipinski definition) is 4. The highest BCUT2D eigenvalue weighted by Crippen LogP contribution is 2.07. The van der Waals surface area contributed by atoms with Crippen LogP contribution in [-0.4, -0.2) is 18.7 Å². The molecule has 0 aromatic heterocycles. The van der Waals surface area contributed by atoms with Gasteiger partial charge in [-0.05, 0) is 19.8 Å². The molecule has 0 aromatic carbocycles. The van der Waals surface area contributed by atoms with Crippen LogP contribution < -0.4 is 0 Å². The van der Waals surface area contributed by atoms with Gasteiger partial charge in [-0.15, -0.1) is 0 Å². The maximum atomic E-state index is 11.4. The Balaban J connectivity index is 3.61. The number of esters is 2. The van der Waals surface area contributed by atoms with E-state index in [4.69, 9.17) is 9.47 Å². The summed E-state index contributed by atoms with van der Waals surface area (Å²) in [6.45, 7) is 5.43. The van der Waals surface area contributed by atoms with Crippen molar-refractivity contribution < 1.29 is 19.1 Å². The molecular weight excluding hydrogens is 220 g/mol. The van der Waals surface area contributed by atoms with Gasteiger partial charge in [-0.2, -0.15) is 0 Å². The topological polar surface area (TPSA) is 52.6 Å². The summed E-state index contributed by atoms with van der Waals surface area (Å²) >= 11 is 0. The first kappa shape index (κ1) is 15.7. The van der Waals surface area contributed by atoms with Crippen LogP contribution in [0.4, 0.5) is 0 Å². The quantitative estimate of drug-likeness (QED) is 0.373. The SMILES string of the molecule is C/C=C/CCC(=O)OCOC(=O)C(C)CCC. The summed E-state index contributed by atoms with van der Waals surface area (Å²) in [4.78, 5) is 22.5. The molecule has 0 aromatic rings. The van der Waals surface area contributed by atoms with Crippen LogP contribution in [0.3, 0.4) is 0 Å². The lowest BCUT2D eigenvalue weighted by Gasteiger charge is -2.10. The van der Waals surface area contributed by atoms with Crippen LogP contribution in [-0.2, 0) is 19.1 Å². The number of allylic oxidation sites excluding steroid dienone is 2. The van der Waals surface area contributed by atoms with E-state index in [1.54, 1.807) is 6.92 Å². The third kappa shape index (κ3) is 8.48. The molecule has 0 fully saturated rings. The van der Waals surface area contributed by atoms with Crippen LogP contribution in [0, 0.1) is 5.92 Å². The van der Waals surface area contributed by atoms with Crippen LogP contribution in [0.25, 0.3) is 0 Å². The maximum Gasteiger partial charge on any atom is 0.311 e. The van der Waals surface area contributed by atoms with Gasteiger partial charge in [-0.3, -0.25) is 9.59 Å². The van der Waals surface area contributed by atoms with Crippen molar-refractivity contribution in [1.29, 1.82) is 0 Å². The minimum Gasteiger partial charge on any atom is -0.428 e. The Kier molecular flexibility index (Phi) is 9.11. The zero-order valence-electron chi connectivity index (χ0n) is 10.9. The standard InChI is InChI=1S/C13H22O4/c1-4-6-7-9-12(14)16-10-17-13(15)11(3)8-5-2/h4,6,11H,5,7-10H2,1-3H3/b6-4+. The zero-order valence-corrected chi connectivity index (χ0v) is 10.9. The summed E-state index contributed by atoms with van der Waals surface area (Å²) in [7, 11) is 0. The van der Waals surface area contributed by atoms with E-state index in [0.717, 1.165) is 12.8 Å². The molecule has 1 atom stereocenters. The Morgan fingerprint density at radius 3 is 2.59 bits per heavy atom. The lowest BCUT2D eigenvalue weighted by Crippen LogP contribution is -2.18. The van der Waals surface area contributed by atoms with Gasteiger partial charge >= 0.3 is 11.9 Å². The van der Waals surface area contributed by atoms with E-state index in [-0.39, 0.29) is 24.6 Å². The van der Waals surface area contributed by atoms with E-state index in [2.05, 4.69) is 0 Å². The van der Waals surface area contributed by atoms with Gasteiger partial charge in [0.2, 0.25) is 6.79 Å². The molecule has 0 amide bonds. The van der Waals surface area contributed by atoms with Gasteiger partial charge in [-0.1, -0.05) is 32.4 Å². The number of hydrogen-bond donors (Lipinski definition) is 0. The molecule has 0 radical (unpaired) electrons. The van der Waals surface area contributed by atoms with Gasteiger partial charge in [0.1, 0.15) is 0 Å². The molecule has 0 aliphatic rings. The zero-order chi connectivity index (χ0) is 13.1. The Bertz CT molecular complexity index is 258. The second kappa shape index (κ2) is 9.87. The average molecular weight is 242 g/mol. The summed E-state index contributed by atoms with van der Waals surface area (Å²) in [5.74, 6) is -0.797. The third-order valence-corrected chi connectivity index (χ3v) is 2.30. The van der Waals surface area contributed by atoms with Crippen molar-refractivity contribution in [2.24, 2.45) is 5.92 Å². The Morgan fingerprint density at radius 1 is 1.29 bits per heavy atom. The Labute approximate surface area is 103 Å². The smallest absolute Gasteiger partial charge is 0.311 e. The third-order valence-electron chi connectivity index (χ3n) is 2.30. The van der Waals surface area contributed by atoms with Crippen LogP contribution in [0.15, 0.2) is 12.2 Å². The van der Waals surface area contributed by atoms with Gasteiger partial charge in [0.15, 0.2) is 0 Å². The normalized spacial score (nSPS) is 12.4. The molecule has 0 spiro atoms. The molecule has 0 aliphatic carbocycles. The lowest BCUT2D eigenvalue weighted by atomic mass is 10.1. The number of ether oxygens (including phenoxy) is 2. The second-order valence-corrected chi connectivity index (χ2v) is 3.90. The van der Waals surface area contributed by atoms with Crippen molar-refractivity contribution in [2.45, 2.75) is 46.5 Å². The molecule has 0 N–H and O–H groups in total. The number of carbonyl (C=O) groups excluding carboxylic acids is 2. The summed E-state index contributed by atoms with van der Waals surface area (Å²) in [6, 6.07) is 0. The van der Waals surface area contributed by atoms with E-state index in [0.29, 0.717) is 12.8 Å². The molecule has 98 valence electrons. The summed E-state index contributed by atoms with van der Waals surface area (Å²) in [5, 5.41) is 0. The molecule has 0 rings (SSSR count). The molecule has 1 unspecified atom stereocenters. The van der Waals surface area contributed by atoms with Gasteiger partial charge in [-0.25, -0.2) is 0 Å². The van der Waals surface area contributed by atoms with Gasteiger partial charge in [0.25, 0.3) is 0 Å². The highest BCUT2D eigenvalue weighted by Gasteiger charge is 2.13. The summed E-state index contributed by atoms with van der Waals surface area (Å²) in [6.07, 6.45) is 6.44. The minimum atomic E-state index is -0.348. The first-order chi connectivity index (χ1) is 8.11. The van der Waals surface area contributed by atoms with E-state index in [9.17, 15) is 9.59 Å². The molecule has 0 heterocycles. The average Bonchev–Trinajstić information content (AvgIpc) is 2.29. The van der Waals surface area contributed by atoms with E-state index in [1.807, 2.05) is 26.0 Å². The van der Waals surface area contributed by atoms with Crippen molar-refractivity contribution in [3.8, 4) is 0 Å². The molecule has 4 heteroatoms. The summed E-state index contributed by atoms with van der Waals surface area (Å²) in [5.41, 5.74) is 0. The fraction of sp³-hybridized carbons (Fsp3) is 0.692. The first-order valence-corrected chi connectivity index (χ1v) is 6.05. The number of carbonyl (C=O) groups is 2. The molecule has 0 aliphatic heterocycles. The van der Waals surface area contributed by atoms with E-state index < -0.39 is 0 Å². The predicted molar refractivity (Wildman–Crippen MR) is 65.2 cm³/mol. The fourth-order valence-corrected chi connectivity index (χ4v) is 1.29. The molecule has 4 nitrogen and oxygen atoms in total. The summed E-state index contributed by atoms with van der Waals surface area (Å²) < 4.78 is 9.60. The van der Waals surface area contributed by atoms with Crippen molar-refractivity contribution >= 4 is 11.9 Å². The van der Waals surface area contributed by atoms with E-state index >= 15 is 0 Å². The largest absolute Gasteiger partial charge is 0.428 e. The van der Waals surface area contributed by atoms with Crippen LogP contribution >= 0.6 is 0 Å². The van der Waals surface area contributed by atoms with Gasteiger partial charge < -0.3 is 9.47 Å². The van der Waals surface area contributed by atoms with E-state index in [1.165, 1.54) is 0 Å². The van der Waals surface area contributed by atoms with Gasteiger partial charge in [0, 0.05) is 6.42 Å². The van der Waals surface area contributed by atoms with Crippen molar-refractivity contribution in [1.82, 2.24) is 0 Å². The van der Waals surface area contributed by atoms with Crippen molar-refractivity contribution in [2.75, 3.05) is 6.79 Å². The first-order valence-electron chi connectivity index (χ1n) is 6.05. The molecular formula is C13H22O4. The fourth-order valence-electron chi connectivity index (χ4n) is 1.29. The Hall–Kier alpha value is -1.32. The van der Waals surface area contributed by atoms with Crippen LogP contribution in [0.2, 0.25) is 0 Å². The monoisotopic (exact) mass is 242 g/mol. The number of rotatable bonds is 8. The second-order valence-electron chi connectivity index (χ2n) is 3.90. The Morgan fingerprint density at radius 2 is 2.00 bits per heavy atom. The highest BCUT2D eigenvalue weighted by molar-refractivity contribution is 5.72. The highest BCUT2D eigenvalue weighted by atomic mass is 16.7. The lowest BCUT2D eigenvalue weighted by molar-refractivity contribution is -0.169. The van der Waals surface area contributed by atoms with Crippen LogP contribution in [0.1, 0.15) is 46.5 Å². The molecule has 0 saturated carbocycles. The van der Waals surface area contributed by atoms with Crippen molar-refractivity contribution in [3.63, 3.8) is 0 Å².